The van der Waals surface area contributed by atoms with E-state index in [1.165, 1.54) is 19.1 Å². The van der Waals surface area contributed by atoms with Crippen LogP contribution in [-0.4, -0.2) is 17.7 Å². The van der Waals surface area contributed by atoms with E-state index in [1.54, 1.807) is 13.0 Å². The van der Waals surface area contributed by atoms with Gasteiger partial charge in [0.2, 0.25) is 0 Å². The molecule has 0 aliphatic rings. The standard InChI is InChI=1S/C11H11Cl2NO2/c1-6(7(2)15)14-11(16)8-3-4-9(12)10(13)5-8/h3-6H,1-2H3,(H,14,16). The fraction of sp³-hybridized carbons (Fsp3) is 0.273. The number of hydrogen-bond acceptors (Lipinski definition) is 2. The molecule has 0 aliphatic carbocycles. The van der Waals surface area contributed by atoms with E-state index in [0.717, 1.165) is 0 Å². The van der Waals surface area contributed by atoms with Crippen molar-refractivity contribution in [2.75, 3.05) is 0 Å². The van der Waals surface area contributed by atoms with Crippen molar-refractivity contribution >= 4 is 34.9 Å². The predicted octanol–water partition coefficient (Wildman–Crippen LogP) is 2.70. The molecule has 1 aromatic carbocycles. The van der Waals surface area contributed by atoms with Crippen molar-refractivity contribution in [1.29, 1.82) is 0 Å². The first-order valence-electron chi connectivity index (χ1n) is 4.68. The van der Waals surface area contributed by atoms with Gasteiger partial charge in [-0.1, -0.05) is 23.2 Å². The predicted molar refractivity (Wildman–Crippen MR) is 64.1 cm³/mol. The minimum Gasteiger partial charge on any atom is -0.343 e. The fourth-order valence-corrected chi connectivity index (χ4v) is 1.32. The third-order valence-electron chi connectivity index (χ3n) is 2.14. The molecule has 1 N–H and O–H groups in total. The van der Waals surface area contributed by atoms with Crippen molar-refractivity contribution in [2.45, 2.75) is 19.9 Å². The van der Waals surface area contributed by atoms with E-state index in [1.807, 2.05) is 0 Å². The Morgan fingerprint density at radius 2 is 1.88 bits per heavy atom. The molecule has 1 unspecified atom stereocenters. The van der Waals surface area contributed by atoms with Crippen LogP contribution in [0.1, 0.15) is 24.2 Å². The van der Waals surface area contributed by atoms with Gasteiger partial charge in [0.25, 0.3) is 5.91 Å². The van der Waals surface area contributed by atoms with Gasteiger partial charge in [-0.2, -0.15) is 0 Å². The quantitative estimate of drug-likeness (QED) is 0.908. The molecule has 0 heterocycles. The van der Waals surface area contributed by atoms with Gasteiger partial charge in [-0.3, -0.25) is 9.59 Å². The number of hydrogen-bond donors (Lipinski definition) is 1. The summed E-state index contributed by atoms with van der Waals surface area (Å²) in [6.45, 7) is 3.04. The van der Waals surface area contributed by atoms with Gasteiger partial charge < -0.3 is 5.32 Å². The number of Topliss-reactive ketones (excluding diaryl/α,β-unsaturated/α-hetero) is 1. The lowest BCUT2D eigenvalue weighted by molar-refractivity contribution is -0.118. The largest absolute Gasteiger partial charge is 0.343 e. The molecule has 0 fully saturated rings. The molecule has 1 rings (SSSR count). The Kier molecular flexibility index (Phi) is 4.33. The molecule has 0 bridgehead atoms. The Morgan fingerprint density at radius 3 is 2.38 bits per heavy atom. The second-order valence-corrected chi connectivity index (χ2v) is 4.25. The average molecular weight is 260 g/mol. The summed E-state index contributed by atoms with van der Waals surface area (Å²) in [5, 5.41) is 3.25. The number of amides is 1. The summed E-state index contributed by atoms with van der Waals surface area (Å²) in [5.41, 5.74) is 0.377. The lowest BCUT2D eigenvalue weighted by atomic mass is 10.2. The minimum atomic E-state index is -0.512. The summed E-state index contributed by atoms with van der Waals surface area (Å²) in [5.74, 6) is -0.449. The highest BCUT2D eigenvalue weighted by Crippen LogP contribution is 2.22. The Bertz CT molecular complexity index is 432. The number of carbonyl (C=O) groups excluding carboxylic acids is 2. The first-order valence-corrected chi connectivity index (χ1v) is 5.43. The third-order valence-corrected chi connectivity index (χ3v) is 2.88. The van der Waals surface area contributed by atoms with Gasteiger partial charge >= 0.3 is 0 Å². The van der Waals surface area contributed by atoms with Crippen molar-refractivity contribution in [3.05, 3.63) is 33.8 Å². The Labute approximate surface area is 104 Å². The number of nitrogens with one attached hydrogen (secondary N) is 1. The third kappa shape index (κ3) is 3.22. The fourth-order valence-electron chi connectivity index (χ4n) is 1.02. The van der Waals surface area contributed by atoms with Gasteiger partial charge in [0.1, 0.15) is 0 Å². The molecule has 1 aromatic rings. The van der Waals surface area contributed by atoms with E-state index >= 15 is 0 Å². The molecule has 0 saturated carbocycles. The van der Waals surface area contributed by atoms with Gasteiger partial charge in [-0.25, -0.2) is 0 Å². The average Bonchev–Trinajstić information content (AvgIpc) is 2.21. The lowest BCUT2D eigenvalue weighted by Gasteiger charge is -2.10. The Morgan fingerprint density at radius 1 is 1.25 bits per heavy atom. The summed E-state index contributed by atoms with van der Waals surface area (Å²) < 4.78 is 0. The maximum atomic E-state index is 11.7. The normalized spacial score (nSPS) is 12.0. The molecule has 0 spiro atoms. The molecular weight excluding hydrogens is 249 g/mol. The van der Waals surface area contributed by atoms with Crippen LogP contribution < -0.4 is 5.32 Å². The monoisotopic (exact) mass is 259 g/mol. The highest BCUT2D eigenvalue weighted by Gasteiger charge is 2.13. The summed E-state index contributed by atoms with van der Waals surface area (Å²) in [6.07, 6.45) is 0. The van der Waals surface area contributed by atoms with Crippen LogP contribution in [0.3, 0.4) is 0 Å². The van der Waals surface area contributed by atoms with E-state index in [-0.39, 0.29) is 11.7 Å². The molecule has 16 heavy (non-hydrogen) atoms. The van der Waals surface area contributed by atoms with E-state index in [2.05, 4.69) is 5.32 Å². The summed E-state index contributed by atoms with van der Waals surface area (Å²) in [6, 6.07) is 4.04. The zero-order valence-electron chi connectivity index (χ0n) is 8.88. The second kappa shape index (κ2) is 5.32. The highest BCUT2D eigenvalue weighted by atomic mass is 35.5. The van der Waals surface area contributed by atoms with Crippen LogP contribution in [-0.2, 0) is 4.79 Å². The second-order valence-electron chi connectivity index (χ2n) is 3.43. The number of ketones is 1. The van der Waals surface area contributed by atoms with E-state index in [4.69, 9.17) is 23.2 Å². The Hall–Kier alpha value is -1.06. The van der Waals surface area contributed by atoms with E-state index in [0.29, 0.717) is 15.6 Å². The first kappa shape index (κ1) is 13.0. The van der Waals surface area contributed by atoms with Crippen molar-refractivity contribution in [3.63, 3.8) is 0 Å². The van der Waals surface area contributed by atoms with Crippen LogP contribution in [0.25, 0.3) is 0 Å². The molecule has 3 nitrogen and oxygen atoms in total. The summed E-state index contributed by atoms with van der Waals surface area (Å²) in [4.78, 5) is 22.6. The molecule has 0 radical (unpaired) electrons. The molecular formula is C11H11Cl2NO2. The zero-order chi connectivity index (χ0) is 12.3. The number of rotatable bonds is 3. The molecule has 1 atom stereocenters. The van der Waals surface area contributed by atoms with Gasteiger partial charge in [-0.05, 0) is 32.0 Å². The molecule has 0 saturated heterocycles. The summed E-state index contributed by atoms with van der Waals surface area (Å²) in [7, 11) is 0. The molecule has 0 aliphatic heterocycles. The zero-order valence-corrected chi connectivity index (χ0v) is 10.4. The molecule has 0 aromatic heterocycles. The van der Waals surface area contributed by atoms with Crippen molar-refractivity contribution in [3.8, 4) is 0 Å². The maximum Gasteiger partial charge on any atom is 0.251 e. The molecule has 86 valence electrons. The molecule has 1 amide bonds. The van der Waals surface area contributed by atoms with Crippen molar-refractivity contribution in [2.24, 2.45) is 0 Å². The number of carbonyl (C=O) groups is 2. The van der Waals surface area contributed by atoms with Gasteiger partial charge in [0.05, 0.1) is 16.1 Å². The van der Waals surface area contributed by atoms with Crippen LogP contribution >= 0.6 is 23.2 Å². The van der Waals surface area contributed by atoms with Crippen LogP contribution in [0, 0.1) is 0 Å². The minimum absolute atomic E-state index is 0.103. The maximum absolute atomic E-state index is 11.7. The number of benzene rings is 1. The number of halogens is 2. The van der Waals surface area contributed by atoms with Gasteiger partial charge in [0, 0.05) is 5.56 Å². The first-order chi connectivity index (χ1) is 7.41. The van der Waals surface area contributed by atoms with Crippen LogP contribution in [0.4, 0.5) is 0 Å². The van der Waals surface area contributed by atoms with Gasteiger partial charge in [0.15, 0.2) is 5.78 Å². The highest BCUT2D eigenvalue weighted by molar-refractivity contribution is 6.42. The SMILES string of the molecule is CC(=O)C(C)NC(=O)c1ccc(Cl)c(Cl)c1. The summed E-state index contributed by atoms with van der Waals surface area (Å²) >= 11 is 11.5. The van der Waals surface area contributed by atoms with E-state index in [9.17, 15) is 9.59 Å². The molecule has 5 heteroatoms. The van der Waals surface area contributed by atoms with Crippen molar-refractivity contribution < 1.29 is 9.59 Å². The van der Waals surface area contributed by atoms with Crippen LogP contribution in [0.2, 0.25) is 10.0 Å². The smallest absolute Gasteiger partial charge is 0.251 e. The van der Waals surface area contributed by atoms with E-state index < -0.39 is 6.04 Å². The lowest BCUT2D eigenvalue weighted by Crippen LogP contribution is -2.37. The Balaban J connectivity index is 2.81. The topological polar surface area (TPSA) is 46.2 Å². The van der Waals surface area contributed by atoms with Gasteiger partial charge in [-0.15, -0.1) is 0 Å². The van der Waals surface area contributed by atoms with Crippen molar-refractivity contribution in [1.82, 2.24) is 5.32 Å². The van der Waals surface area contributed by atoms with Crippen LogP contribution in [0.5, 0.6) is 0 Å². The van der Waals surface area contributed by atoms with Crippen LogP contribution in [0.15, 0.2) is 18.2 Å².